The Balaban J connectivity index is 2.51. The van der Waals surface area contributed by atoms with Crippen LogP contribution in [0.1, 0.15) is 51.6 Å². The standard InChI is InChI=1S/C15H27N2O2/c1-4-6-7-8-11-16-12-14(17(5-2)13-16)9-10-15(18)19-3/h12-13H,4-11H2,1-3H3/q+1. The molecule has 0 aliphatic carbocycles. The molecule has 0 radical (unpaired) electrons. The zero-order valence-corrected chi connectivity index (χ0v) is 12.5. The molecule has 0 atom stereocenters. The summed E-state index contributed by atoms with van der Waals surface area (Å²) in [5, 5.41) is 0. The molecule has 0 spiro atoms. The van der Waals surface area contributed by atoms with Crippen LogP contribution >= 0.6 is 0 Å². The zero-order valence-electron chi connectivity index (χ0n) is 12.5. The number of methoxy groups -OCH3 is 1. The summed E-state index contributed by atoms with van der Waals surface area (Å²) in [5.41, 5.74) is 1.21. The van der Waals surface area contributed by atoms with Crippen LogP contribution in [0.4, 0.5) is 0 Å². The van der Waals surface area contributed by atoms with Crippen LogP contribution in [0.3, 0.4) is 0 Å². The molecule has 0 bridgehead atoms. The fourth-order valence-electron chi connectivity index (χ4n) is 2.22. The van der Waals surface area contributed by atoms with Crippen molar-refractivity contribution in [3.8, 4) is 0 Å². The fraction of sp³-hybridized carbons (Fsp3) is 0.733. The van der Waals surface area contributed by atoms with Crippen LogP contribution in [-0.2, 0) is 29.0 Å². The number of nitrogens with zero attached hydrogens (tertiary/aromatic N) is 2. The molecule has 0 amide bonds. The van der Waals surface area contributed by atoms with Gasteiger partial charge in [0, 0.05) is 6.42 Å². The molecule has 0 fully saturated rings. The summed E-state index contributed by atoms with van der Waals surface area (Å²) in [6, 6.07) is 0. The third kappa shape index (κ3) is 5.45. The van der Waals surface area contributed by atoms with E-state index in [9.17, 15) is 4.79 Å². The van der Waals surface area contributed by atoms with E-state index >= 15 is 0 Å². The van der Waals surface area contributed by atoms with Crippen molar-refractivity contribution < 1.29 is 14.1 Å². The molecule has 108 valence electrons. The van der Waals surface area contributed by atoms with E-state index in [2.05, 4.69) is 40.2 Å². The minimum Gasteiger partial charge on any atom is -0.469 e. The van der Waals surface area contributed by atoms with Gasteiger partial charge in [0.1, 0.15) is 11.9 Å². The fourth-order valence-corrected chi connectivity index (χ4v) is 2.22. The first-order chi connectivity index (χ1) is 9.21. The Morgan fingerprint density at radius 1 is 1.32 bits per heavy atom. The Bertz CT molecular complexity index is 385. The summed E-state index contributed by atoms with van der Waals surface area (Å²) in [6.45, 7) is 6.37. The Morgan fingerprint density at radius 2 is 2.11 bits per heavy atom. The van der Waals surface area contributed by atoms with E-state index in [4.69, 9.17) is 0 Å². The first-order valence-corrected chi connectivity index (χ1v) is 7.36. The summed E-state index contributed by atoms with van der Waals surface area (Å²) in [6.07, 6.45) is 10.6. The molecule has 19 heavy (non-hydrogen) atoms. The molecule has 0 N–H and O–H groups in total. The molecule has 1 heterocycles. The highest BCUT2D eigenvalue weighted by Crippen LogP contribution is 2.04. The minimum atomic E-state index is -0.140. The quantitative estimate of drug-likeness (QED) is 0.391. The number of unbranched alkanes of at least 4 members (excludes halogenated alkanes) is 3. The summed E-state index contributed by atoms with van der Waals surface area (Å²) in [7, 11) is 1.44. The number of aromatic nitrogens is 2. The molecular formula is C15H27N2O2+. The lowest BCUT2D eigenvalue weighted by Crippen LogP contribution is -2.34. The Labute approximate surface area is 116 Å². The van der Waals surface area contributed by atoms with Crippen molar-refractivity contribution in [1.29, 1.82) is 0 Å². The van der Waals surface area contributed by atoms with Gasteiger partial charge >= 0.3 is 5.97 Å². The van der Waals surface area contributed by atoms with Gasteiger partial charge in [0.05, 0.1) is 26.6 Å². The van der Waals surface area contributed by atoms with Gasteiger partial charge in [0.2, 0.25) is 6.33 Å². The van der Waals surface area contributed by atoms with Crippen LogP contribution in [0.2, 0.25) is 0 Å². The number of ether oxygens (including phenoxy) is 1. The highest BCUT2D eigenvalue weighted by molar-refractivity contribution is 5.69. The van der Waals surface area contributed by atoms with E-state index in [0.717, 1.165) is 19.5 Å². The molecular weight excluding hydrogens is 240 g/mol. The van der Waals surface area contributed by atoms with Crippen LogP contribution in [0, 0.1) is 0 Å². The average molecular weight is 267 g/mol. The predicted octanol–water partition coefficient (Wildman–Crippen LogP) is 2.48. The molecule has 4 heteroatoms. The number of carbonyl (C=O) groups is 1. The minimum absolute atomic E-state index is 0.140. The lowest BCUT2D eigenvalue weighted by molar-refractivity contribution is -0.700. The molecule has 0 aliphatic heterocycles. The lowest BCUT2D eigenvalue weighted by Gasteiger charge is -1.97. The van der Waals surface area contributed by atoms with Crippen LogP contribution in [0.15, 0.2) is 12.5 Å². The summed E-state index contributed by atoms with van der Waals surface area (Å²) < 4.78 is 9.14. The molecule has 0 unspecified atom stereocenters. The highest BCUT2D eigenvalue weighted by atomic mass is 16.5. The first-order valence-electron chi connectivity index (χ1n) is 7.36. The van der Waals surface area contributed by atoms with E-state index in [0.29, 0.717) is 6.42 Å². The van der Waals surface area contributed by atoms with E-state index in [-0.39, 0.29) is 5.97 Å². The second kappa shape index (κ2) is 8.73. The van der Waals surface area contributed by atoms with E-state index in [1.54, 1.807) is 0 Å². The topological polar surface area (TPSA) is 35.1 Å². The Kier molecular flexibility index (Phi) is 7.23. The van der Waals surface area contributed by atoms with Gasteiger partial charge in [-0.15, -0.1) is 0 Å². The van der Waals surface area contributed by atoms with Crippen molar-refractivity contribution >= 4 is 5.97 Å². The van der Waals surface area contributed by atoms with Gasteiger partial charge in [-0.1, -0.05) is 19.8 Å². The summed E-state index contributed by atoms with van der Waals surface area (Å²) in [5.74, 6) is -0.140. The van der Waals surface area contributed by atoms with E-state index in [1.807, 2.05) is 0 Å². The summed E-state index contributed by atoms with van der Waals surface area (Å²) in [4.78, 5) is 11.2. The maximum Gasteiger partial charge on any atom is 0.305 e. The Hall–Kier alpha value is -1.32. The number of rotatable bonds is 9. The monoisotopic (exact) mass is 267 g/mol. The zero-order chi connectivity index (χ0) is 14.1. The van der Waals surface area contributed by atoms with Gasteiger partial charge in [-0.25, -0.2) is 9.13 Å². The molecule has 0 saturated carbocycles. The van der Waals surface area contributed by atoms with Crippen molar-refractivity contribution in [1.82, 2.24) is 4.57 Å². The van der Waals surface area contributed by atoms with Crippen LogP contribution in [0.5, 0.6) is 0 Å². The third-order valence-corrected chi connectivity index (χ3v) is 3.39. The number of esters is 1. The van der Waals surface area contributed by atoms with Crippen molar-refractivity contribution in [3.05, 3.63) is 18.2 Å². The normalized spacial score (nSPS) is 10.7. The third-order valence-electron chi connectivity index (χ3n) is 3.39. The molecule has 1 aromatic heterocycles. The molecule has 0 aliphatic rings. The van der Waals surface area contributed by atoms with Crippen molar-refractivity contribution in [2.75, 3.05) is 7.11 Å². The molecule has 1 rings (SSSR count). The first kappa shape index (κ1) is 15.7. The smallest absolute Gasteiger partial charge is 0.305 e. The number of carbonyl (C=O) groups excluding carboxylic acids is 1. The average Bonchev–Trinajstić information content (AvgIpc) is 2.83. The van der Waals surface area contributed by atoms with E-state index in [1.165, 1.54) is 38.5 Å². The lowest BCUT2D eigenvalue weighted by atomic mass is 10.2. The van der Waals surface area contributed by atoms with Gasteiger partial charge < -0.3 is 4.74 Å². The number of hydrogen-bond donors (Lipinski definition) is 0. The molecule has 1 aromatic rings. The maximum atomic E-state index is 11.2. The Morgan fingerprint density at radius 3 is 2.74 bits per heavy atom. The molecule has 0 saturated heterocycles. The van der Waals surface area contributed by atoms with Gasteiger partial charge in [0.15, 0.2) is 0 Å². The maximum absolute atomic E-state index is 11.2. The second-order valence-electron chi connectivity index (χ2n) is 4.90. The number of hydrogen-bond acceptors (Lipinski definition) is 2. The van der Waals surface area contributed by atoms with Gasteiger partial charge in [0.25, 0.3) is 0 Å². The number of imidazole rings is 1. The van der Waals surface area contributed by atoms with Crippen molar-refractivity contribution in [2.45, 2.75) is 65.5 Å². The van der Waals surface area contributed by atoms with Gasteiger partial charge in [-0.2, -0.15) is 0 Å². The summed E-state index contributed by atoms with van der Waals surface area (Å²) >= 11 is 0. The van der Waals surface area contributed by atoms with Crippen LogP contribution in [-0.4, -0.2) is 17.6 Å². The number of aryl methyl sites for hydroxylation is 3. The second-order valence-corrected chi connectivity index (χ2v) is 4.90. The van der Waals surface area contributed by atoms with E-state index < -0.39 is 0 Å². The van der Waals surface area contributed by atoms with Gasteiger partial charge in [-0.3, -0.25) is 4.79 Å². The van der Waals surface area contributed by atoms with Gasteiger partial charge in [-0.05, 0) is 19.8 Å². The van der Waals surface area contributed by atoms with Crippen LogP contribution in [0.25, 0.3) is 0 Å². The van der Waals surface area contributed by atoms with Crippen LogP contribution < -0.4 is 4.57 Å². The molecule has 0 aromatic carbocycles. The largest absolute Gasteiger partial charge is 0.469 e. The highest BCUT2D eigenvalue weighted by Gasteiger charge is 2.13. The predicted molar refractivity (Wildman–Crippen MR) is 74.8 cm³/mol. The van der Waals surface area contributed by atoms with Crippen molar-refractivity contribution in [3.63, 3.8) is 0 Å². The molecule has 4 nitrogen and oxygen atoms in total. The SMILES string of the molecule is CCCCCCn1cc(CCC(=O)OC)[n+](CC)c1. The van der Waals surface area contributed by atoms with Crippen molar-refractivity contribution in [2.24, 2.45) is 0 Å².